The zero-order valence-electron chi connectivity index (χ0n) is 15.6. The number of aliphatic hydroxyl groups excluding tert-OH is 1. The monoisotopic (exact) mass is 440 g/mol. The zero-order valence-corrected chi connectivity index (χ0v) is 16.4. The fourth-order valence-corrected chi connectivity index (χ4v) is 4.10. The van der Waals surface area contributed by atoms with Crippen LogP contribution in [0.5, 0.6) is 5.75 Å². The average Bonchev–Trinajstić information content (AvgIpc) is 3.36. The van der Waals surface area contributed by atoms with Crippen LogP contribution in [0.15, 0.2) is 71.3 Å². The minimum absolute atomic E-state index is 0.117. The minimum Gasteiger partial charge on any atom is -0.503 e. The fraction of sp³-hybridized carbons (Fsp3) is 0.0476. The van der Waals surface area contributed by atoms with Gasteiger partial charge in [-0.25, -0.2) is 4.39 Å². The van der Waals surface area contributed by atoms with Gasteiger partial charge in [-0.3, -0.25) is 24.6 Å². The second kappa shape index (κ2) is 7.65. The van der Waals surface area contributed by atoms with Crippen molar-refractivity contribution in [3.63, 3.8) is 0 Å². The summed E-state index contributed by atoms with van der Waals surface area (Å²) < 4.78 is 13.4. The van der Waals surface area contributed by atoms with Crippen molar-refractivity contribution in [2.24, 2.45) is 0 Å². The lowest BCUT2D eigenvalue weighted by atomic mass is 9.94. The van der Waals surface area contributed by atoms with Crippen molar-refractivity contribution < 1.29 is 29.1 Å². The van der Waals surface area contributed by atoms with Crippen molar-refractivity contribution in [3.05, 3.63) is 97.7 Å². The van der Waals surface area contributed by atoms with Gasteiger partial charge in [-0.1, -0.05) is 12.1 Å². The number of rotatable bonds is 5. The number of nitrogens with zero attached hydrogens (tertiary/aromatic N) is 2. The Bertz CT molecular complexity index is 1240. The Morgan fingerprint density at radius 1 is 1.13 bits per heavy atom. The number of nitro groups is 1. The first kappa shape index (κ1) is 20.2. The van der Waals surface area contributed by atoms with Gasteiger partial charge in [0.1, 0.15) is 5.82 Å². The average molecular weight is 440 g/mol. The SMILES string of the molecule is O=C(C1=C(O)C(=O)N(c2ccc(F)cc2)C1c1ccc(O)c([N+](=O)[O-])c1)c1cccs1. The number of aliphatic hydroxyl groups is 1. The number of thiophene rings is 1. The number of anilines is 1. The molecule has 0 fully saturated rings. The Morgan fingerprint density at radius 3 is 2.45 bits per heavy atom. The van der Waals surface area contributed by atoms with Crippen molar-refractivity contribution >= 4 is 34.4 Å². The van der Waals surface area contributed by atoms with Gasteiger partial charge in [0.15, 0.2) is 11.5 Å². The number of hydrogen-bond donors (Lipinski definition) is 2. The second-order valence-corrected chi connectivity index (χ2v) is 7.58. The molecule has 0 radical (unpaired) electrons. The molecule has 1 amide bonds. The number of phenols is 1. The molecular formula is C21H13FN2O6S. The maximum atomic E-state index is 13.4. The molecule has 0 spiro atoms. The lowest BCUT2D eigenvalue weighted by molar-refractivity contribution is -0.385. The molecule has 8 nitrogen and oxygen atoms in total. The van der Waals surface area contributed by atoms with Gasteiger partial charge >= 0.3 is 5.69 Å². The summed E-state index contributed by atoms with van der Waals surface area (Å²) in [6.45, 7) is 0. The molecule has 2 N–H and O–H groups in total. The Labute approximate surface area is 178 Å². The molecule has 10 heteroatoms. The predicted octanol–water partition coefficient (Wildman–Crippen LogP) is 4.28. The van der Waals surface area contributed by atoms with Gasteiger partial charge in [0, 0.05) is 11.8 Å². The molecule has 2 aromatic carbocycles. The summed E-state index contributed by atoms with van der Waals surface area (Å²) in [7, 11) is 0. The molecule has 1 aliphatic rings. The maximum Gasteiger partial charge on any atom is 0.311 e. The molecular weight excluding hydrogens is 427 g/mol. The lowest BCUT2D eigenvalue weighted by Crippen LogP contribution is -2.31. The van der Waals surface area contributed by atoms with Crippen LogP contribution >= 0.6 is 11.3 Å². The normalized spacial score (nSPS) is 16.1. The van der Waals surface area contributed by atoms with E-state index in [1.165, 1.54) is 24.3 Å². The number of carbonyl (C=O) groups excluding carboxylic acids is 2. The molecule has 1 aromatic heterocycles. The summed E-state index contributed by atoms with van der Waals surface area (Å²) in [5, 5.41) is 33.4. The first-order valence-electron chi connectivity index (χ1n) is 8.87. The molecule has 3 aromatic rings. The summed E-state index contributed by atoms with van der Waals surface area (Å²) in [5.41, 5.74) is -0.603. The number of Topliss-reactive ketones (excluding diaryl/α,β-unsaturated/α-hetero) is 1. The summed E-state index contributed by atoms with van der Waals surface area (Å²) in [6, 6.07) is 10.1. The molecule has 156 valence electrons. The van der Waals surface area contributed by atoms with E-state index in [4.69, 9.17) is 0 Å². The molecule has 0 aliphatic carbocycles. The molecule has 0 saturated heterocycles. The van der Waals surface area contributed by atoms with E-state index in [2.05, 4.69) is 0 Å². The van der Waals surface area contributed by atoms with Crippen LogP contribution in [0.2, 0.25) is 0 Å². The number of nitro benzene ring substituents is 1. The minimum atomic E-state index is -1.23. The number of ketones is 1. The third kappa shape index (κ3) is 3.42. The summed E-state index contributed by atoms with van der Waals surface area (Å²) in [6.07, 6.45) is 0. The van der Waals surface area contributed by atoms with Gasteiger partial charge in [-0.2, -0.15) is 0 Å². The number of halogens is 1. The van der Waals surface area contributed by atoms with E-state index in [-0.39, 0.29) is 21.7 Å². The van der Waals surface area contributed by atoms with E-state index in [1.54, 1.807) is 11.4 Å². The Hall–Kier alpha value is -4.05. The van der Waals surface area contributed by atoms with E-state index in [9.17, 15) is 34.3 Å². The van der Waals surface area contributed by atoms with E-state index < -0.39 is 45.7 Å². The molecule has 2 heterocycles. The van der Waals surface area contributed by atoms with Crippen molar-refractivity contribution in [2.45, 2.75) is 6.04 Å². The van der Waals surface area contributed by atoms with Crippen LogP contribution < -0.4 is 4.90 Å². The van der Waals surface area contributed by atoms with E-state index in [0.717, 1.165) is 40.5 Å². The smallest absolute Gasteiger partial charge is 0.311 e. The molecule has 1 unspecified atom stereocenters. The number of amides is 1. The molecule has 31 heavy (non-hydrogen) atoms. The maximum absolute atomic E-state index is 13.4. The Kier molecular flexibility index (Phi) is 4.99. The van der Waals surface area contributed by atoms with Crippen LogP contribution in [-0.4, -0.2) is 26.8 Å². The van der Waals surface area contributed by atoms with Crippen LogP contribution in [0.3, 0.4) is 0 Å². The van der Waals surface area contributed by atoms with Gasteiger partial charge in [-0.15, -0.1) is 11.3 Å². The highest BCUT2D eigenvalue weighted by Crippen LogP contribution is 2.44. The molecule has 1 atom stereocenters. The van der Waals surface area contributed by atoms with Crippen LogP contribution in [0.4, 0.5) is 15.8 Å². The summed E-state index contributed by atoms with van der Waals surface area (Å²) in [5.74, 6) is -3.48. The Morgan fingerprint density at radius 2 is 1.84 bits per heavy atom. The van der Waals surface area contributed by atoms with Crippen molar-refractivity contribution in [1.29, 1.82) is 0 Å². The standard InChI is InChI=1S/C21H13FN2O6S/c22-12-4-6-13(7-5-12)23-18(11-3-8-15(25)14(10-11)24(29)30)17(20(27)21(23)28)19(26)16-2-1-9-31-16/h1-10,18,25,27H. The Balaban J connectivity index is 1.92. The van der Waals surface area contributed by atoms with Crippen molar-refractivity contribution in [3.8, 4) is 5.75 Å². The fourth-order valence-electron chi connectivity index (χ4n) is 3.42. The number of carbonyl (C=O) groups is 2. The predicted molar refractivity (Wildman–Crippen MR) is 110 cm³/mol. The first-order chi connectivity index (χ1) is 14.8. The van der Waals surface area contributed by atoms with E-state index in [0.29, 0.717) is 0 Å². The quantitative estimate of drug-likeness (QED) is 0.347. The van der Waals surface area contributed by atoms with Gasteiger partial charge in [0.05, 0.1) is 21.4 Å². The molecule has 0 saturated carbocycles. The number of hydrogen-bond acceptors (Lipinski definition) is 7. The topological polar surface area (TPSA) is 121 Å². The number of phenolic OH excluding ortho intramolecular Hbond substituents is 1. The largest absolute Gasteiger partial charge is 0.503 e. The third-order valence-corrected chi connectivity index (χ3v) is 5.68. The highest BCUT2D eigenvalue weighted by molar-refractivity contribution is 7.12. The van der Waals surface area contributed by atoms with Gasteiger partial charge in [0.25, 0.3) is 5.91 Å². The second-order valence-electron chi connectivity index (χ2n) is 6.63. The molecule has 4 rings (SSSR count). The zero-order chi connectivity index (χ0) is 22.3. The van der Waals surface area contributed by atoms with Crippen LogP contribution in [-0.2, 0) is 4.79 Å². The molecule has 1 aliphatic heterocycles. The molecule has 0 bridgehead atoms. The van der Waals surface area contributed by atoms with Crippen molar-refractivity contribution in [1.82, 2.24) is 0 Å². The van der Waals surface area contributed by atoms with Gasteiger partial charge in [-0.05, 0) is 47.3 Å². The van der Waals surface area contributed by atoms with Crippen LogP contribution in [0.1, 0.15) is 21.3 Å². The van der Waals surface area contributed by atoms with Gasteiger partial charge < -0.3 is 10.2 Å². The third-order valence-electron chi connectivity index (χ3n) is 4.81. The summed E-state index contributed by atoms with van der Waals surface area (Å²) in [4.78, 5) is 37.9. The first-order valence-corrected chi connectivity index (χ1v) is 9.75. The highest BCUT2D eigenvalue weighted by Gasteiger charge is 2.45. The van der Waals surface area contributed by atoms with E-state index >= 15 is 0 Å². The summed E-state index contributed by atoms with van der Waals surface area (Å²) >= 11 is 1.11. The van der Waals surface area contributed by atoms with E-state index in [1.807, 2.05) is 0 Å². The van der Waals surface area contributed by atoms with Crippen LogP contribution in [0.25, 0.3) is 0 Å². The number of aromatic hydroxyl groups is 1. The highest BCUT2D eigenvalue weighted by atomic mass is 32.1. The van der Waals surface area contributed by atoms with Gasteiger partial charge in [0.2, 0.25) is 5.78 Å². The van der Waals surface area contributed by atoms with Crippen LogP contribution in [0, 0.1) is 15.9 Å². The van der Waals surface area contributed by atoms with Crippen molar-refractivity contribution in [2.75, 3.05) is 4.90 Å². The number of benzene rings is 2. The lowest BCUT2D eigenvalue weighted by Gasteiger charge is -2.26.